The first-order valence-corrected chi connectivity index (χ1v) is 11.1. The SMILES string of the molecule is CCCCc1nc2c(Cl)nnc(O)c2n1Cc1ccc(-c2ccccc2-c2nnn[nH]2)cc1. The van der Waals surface area contributed by atoms with Gasteiger partial charge in [0.1, 0.15) is 16.9 Å². The molecule has 10 heteroatoms. The molecule has 0 aliphatic carbocycles. The van der Waals surface area contributed by atoms with Crippen LogP contribution >= 0.6 is 11.6 Å². The van der Waals surface area contributed by atoms with Gasteiger partial charge in [0.2, 0.25) is 0 Å². The Morgan fingerprint density at radius 1 is 1.00 bits per heavy atom. The van der Waals surface area contributed by atoms with Crippen LogP contribution in [0.25, 0.3) is 33.5 Å². The zero-order valence-corrected chi connectivity index (χ0v) is 18.7. The molecule has 3 heterocycles. The van der Waals surface area contributed by atoms with Crippen LogP contribution in [0.4, 0.5) is 0 Å². The topological polar surface area (TPSA) is 118 Å². The molecule has 3 aromatic heterocycles. The van der Waals surface area contributed by atoms with E-state index in [1.54, 1.807) is 0 Å². The van der Waals surface area contributed by atoms with Crippen LogP contribution in [0.3, 0.4) is 0 Å². The molecule has 33 heavy (non-hydrogen) atoms. The molecular weight excluding hydrogens is 440 g/mol. The predicted octanol–water partition coefficient (Wildman–Crippen LogP) is 4.42. The van der Waals surface area contributed by atoms with Gasteiger partial charge in [-0.05, 0) is 33.5 Å². The van der Waals surface area contributed by atoms with Crippen LogP contribution in [0.1, 0.15) is 31.2 Å². The molecule has 0 aliphatic heterocycles. The summed E-state index contributed by atoms with van der Waals surface area (Å²) in [5.41, 5.74) is 5.04. The lowest BCUT2D eigenvalue weighted by Gasteiger charge is -2.11. The lowest BCUT2D eigenvalue weighted by atomic mass is 9.98. The Balaban J connectivity index is 1.51. The van der Waals surface area contributed by atoms with Crippen LogP contribution in [0.2, 0.25) is 5.15 Å². The quantitative estimate of drug-likeness (QED) is 0.369. The maximum absolute atomic E-state index is 10.4. The van der Waals surface area contributed by atoms with Gasteiger partial charge in [-0.2, -0.15) is 0 Å². The van der Waals surface area contributed by atoms with Crippen molar-refractivity contribution in [2.75, 3.05) is 0 Å². The number of nitrogens with zero attached hydrogens (tertiary/aromatic N) is 7. The molecule has 5 aromatic rings. The number of aromatic nitrogens is 8. The molecular formula is C23H21ClN8O. The first kappa shape index (κ1) is 21.0. The third kappa shape index (κ3) is 4.03. The highest BCUT2D eigenvalue weighted by molar-refractivity contribution is 6.33. The zero-order chi connectivity index (χ0) is 22.8. The molecule has 0 saturated heterocycles. The first-order valence-electron chi connectivity index (χ1n) is 10.7. The third-order valence-electron chi connectivity index (χ3n) is 5.57. The second kappa shape index (κ2) is 8.95. The predicted molar refractivity (Wildman–Crippen MR) is 125 cm³/mol. The van der Waals surface area contributed by atoms with Crippen molar-refractivity contribution >= 4 is 22.6 Å². The highest BCUT2D eigenvalue weighted by Gasteiger charge is 2.19. The van der Waals surface area contributed by atoms with Gasteiger partial charge in [0.15, 0.2) is 11.0 Å². The Bertz CT molecular complexity index is 1400. The normalized spacial score (nSPS) is 11.3. The largest absolute Gasteiger partial charge is 0.491 e. The van der Waals surface area contributed by atoms with Gasteiger partial charge in [-0.15, -0.1) is 15.3 Å². The van der Waals surface area contributed by atoms with E-state index in [-0.39, 0.29) is 11.0 Å². The van der Waals surface area contributed by atoms with Crippen molar-refractivity contribution in [3.63, 3.8) is 0 Å². The maximum Gasteiger partial charge on any atom is 0.257 e. The van der Waals surface area contributed by atoms with Crippen molar-refractivity contribution in [1.29, 1.82) is 0 Å². The average molecular weight is 461 g/mol. The lowest BCUT2D eigenvalue weighted by molar-refractivity contribution is 0.448. The van der Waals surface area contributed by atoms with Crippen LogP contribution in [-0.2, 0) is 13.0 Å². The molecule has 0 aliphatic rings. The second-order valence-electron chi connectivity index (χ2n) is 7.72. The van der Waals surface area contributed by atoms with E-state index in [1.165, 1.54) is 0 Å². The van der Waals surface area contributed by atoms with Gasteiger partial charge >= 0.3 is 0 Å². The Hall–Kier alpha value is -3.85. The summed E-state index contributed by atoms with van der Waals surface area (Å²) >= 11 is 6.22. The molecule has 0 amide bonds. The summed E-state index contributed by atoms with van der Waals surface area (Å²) in [5.74, 6) is 1.30. The molecule has 0 saturated carbocycles. The molecule has 0 fully saturated rings. The molecule has 9 nitrogen and oxygen atoms in total. The zero-order valence-electron chi connectivity index (χ0n) is 17.9. The number of H-pyrrole nitrogens is 1. The molecule has 0 bridgehead atoms. The highest BCUT2D eigenvalue weighted by Crippen LogP contribution is 2.31. The van der Waals surface area contributed by atoms with E-state index in [4.69, 9.17) is 11.6 Å². The van der Waals surface area contributed by atoms with E-state index < -0.39 is 0 Å². The minimum absolute atomic E-state index is 0.170. The van der Waals surface area contributed by atoms with Gasteiger partial charge in [-0.3, -0.25) is 0 Å². The standard InChI is InChI=1S/C23H21ClN8O/c1-2-3-8-18-25-19-20(23(33)29-26-21(19)24)32(18)13-14-9-11-15(12-10-14)16-6-4-5-7-17(16)22-27-30-31-28-22/h4-7,9-12H,2-3,8,13H2,1H3,(H,29,33)(H,27,28,30,31). The number of fused-ring (bicyclic) bond motifs is 1. The third-order valence-corrected chi connectivity index (χ3v) is 5.83. The monoisotopic (exact) mass is 460 g/mol. The number of hydrogen-bond acceptors (Lipinski definition) is 7. The van der Waals surface area contributed by atoms with Crippen LogP contribution in [0, 0.1) is 0 Å². The Kier molecular flexibility index (Phi) is 5.70. The number of halogens is 1. The summed E-state index contributed by atoms with van der Waals surface area (Å²) < 4.78 is 1.98. The van der Waals surface area contributed by atoms with Gasteiger partial charge in [-0.1, -0.05) is 73.5 Å². The minimum atomic E-state index is -0.170. The second-order valence-corrected chi connectivity index (χ2v) is 8.08. The lowest BCUT2D eigenvalue weighted by Crippen LogP contribution is -2.06. The summed E-state index contributed by atoms with van der Waals surface area (Å²) in [5, 5.41) is 32.4. The van der Waals surface area contributed by atoms with Crippen molar-refractivity contribution in [1.82, 2.24) is 40.4 Å². The average Bonchev–Trinajstić information content (AvgIpc) is 3.50. The molecule has 2 N–H and O–H groups in total. The van der Waals surface area contributed by atoms with Gasteiger partial charge in [0.25, 0.3) is 5.88 Å². The Morgan fingerprint density at radius 2 is 1.79 bits per heavy atom. The van der Waals surface area contributed by atoms with Crippen molar-refractivity contribution < 1.29 is 5.11 Å². The summed E-state index contributed by atoms with van der Waals surface area (Å²) in [6.45, 7) is 2.66. The number of aromatic amines is 1. The van der Waals surface area contributed by atoms with E-state index in [0.717, 1.165) is 47.3 Å². The van der Waals surface area contributed by atoms with Crippen LogP contribution in [0.15, 0.2) is 48.5 Å². The summed E-state index contributed by atoms with van der Waals surface area (Å²) in [4.78, 5) is 4.66. The molecule has 0 radical (unpaired) electrons. The molecule has 0 atom stereocenters. The number of rotatable bonds is 7. The smallest absolute Gasteiger partial charge is 0.257 e. The maximum atomic E-state index is 10.4. The Labute approximate surface area is 194 Å². The van der Waals surface area contributed by atoms with Crippen LogP contribution < -0.4 is 0 Å². The Morgan fingerprint density at radius 3 is 2.52 bits per heavy atom. The van der Waals surface area contributed by atoms with Gasteiger partial charge in [0, 0.05) is 18.5 Å². The van der Waals surface area contributed by atoms with Crippen molar-refractivity contribution in [3.8, 4) is 28.4 Å². The van der Waals surface area contributed by atoms with Gasteiger partial charge < -0.3 is 9.67 Å². The fourth-order valence-corrected chi connectivity index (χ4v) is 4.11. The van der Waals surface area contributed by atoms with E-state index in [1.807, 2.05) is 28.8 Å². The first-order chi connectivity index (χ1) is 16.2. The fraction of sp³-hybridized carbons (Fsp3) is 0.217. The number of imidazole rings is 1. The van der Waals surface area contributed by atoms with Crippen LogP contribution in [0.5, 0.6) is 5.88 Å². The number of hydrogen-bond donors (Lipinski definition) is 2. The van der Waals surface area contributed by atoms with Crippen LogP contribution in [-0.4, -0.2) is 45.5 Å². The summed E-state index contributed by atoms with van der Waals surface area (Å²) in [7, 11) is 0. The van der Waals surface area contributed by atoms with Crippen molar-refractivity contribution in [2.24, 2.45) is 0 Å². The van der Waals surface area contributed by atoms with E-state index in [2.05, 4.69) is 67.0 Å². The molecule has 0 spiro atoms. The van der Waals surface area contributed by atoms with E-state index >= 15 is 0 Å². The number of aryl methyl sites for hydroxylation is 1. The number of benzene rings is 2. The number of tetrazole rings is 1. The molecule has 166 valence electrons. The molecule has 0 unspecified atom stereocenters. The summed E-state index contributed by atoms with van der Waals surface area (Å²) in [6.07, 6.45) is 2.79. The van der Waals surface area contributed by atoms with E-state index in [0.29, 0.717) is 23.4 Å². The van der Waals surface area contributed by atoms with Crippen molar-refractivity contribution in [2.45, 2.75) is 32.7 Å². The highest BCUT2D eigenvalue weighted by atomic mass is 35.5. The molecule has 5 rings (SSSR count). The molecule has 2 aromatic carbocycles. The number of nitrogens with one attached hydrogen (secondary N) is 1. The van der Waals surface area contributed by atoms with E-state index in [9.17, 15) is 5.11 Å². The van der Waals surface area contributed by atoms with Crippen molar-refractivity contribution in [3.05, 3.63) is 65.1 Å². The number of aromatic hydroxyl groups is 1. The summed E-state index contributed by atoms with van der Waals surface area (Å²) in [6, 6.07) is 16.2. The van der Waals surface area contributed by atoms with Gasteiger partial charge in [-0.25, -0.2) is 10.1 Å². The number of unbranched alkanes of at least 4 members (excludes halogenated alkanes) is 1. The van der Waals surface area contributed by atoms with Gasteiger partial charge in [0.05, 0.1) is 0 Å². The minimum Gasteiger partial charge on any atom is -0.491 e. The fourth-order valence-electron chi connectivity index (χ4n) is 3.94.